The molecule has 3 aromatic rings. The molecule has 186 valence electrons. The largest absolute Gasteiger partial charge is 0.489 e. The van der Waals surface area contributed by atoms with Gasteiger partial charge in [0, 0.05) is 35.8 Å². The highest BCUT2D eigenvalue weighted by molar-refractivity contribution is 6.21. The number of ether oxygens (including phenoxy) is 3. The molecule has 2 atom stereocenters. The third kappa shape index (κ3) is 6.06. The molecule has 0 spiro atoms. The summed E-state index contributed by atoms with van der Waals surface area (Å²) in [4.78, 5) is 4.38. The molecular weight excluding hydrogens is 483 g/mol. The van der Waals surface area contributed by atoms with Gasteiger partial charge in [-0.1, -0.05) is 24.3 Å². The van der Waals surface area contributed by atoms with E-state index in [2.05, 4.69) is 16.4 Å². The normalized spacial score (nSPS) is 16.4. The van der Waals surface area contributed by atoms with Gasteiger partial charge in [0.15, 0.2) is 11.6 Å². The molecule has 2 unspecified atom stereocenters. The summed E-state index contributed by atoms with van der Waals surface area (Å²) >= 11 is 6.18. The average Bonchev–Trinajstić information content (AvgIpc) is 3.38. The van der Waals surface area contributed by atoms with Crippen LogP contribution in [0.3, 0.4) is 0 Å². The lowest BCUT2D eigenvalue weighted by atomic mass is 10.1. The van der Waals surface area contributed by atoms with Crippen LogP contribution < -0.4 is 20.5 Å². The number of nitrogens with one attached hydrogen (secondary N) is 1. The molecule has 36 heavy (non-hydrogen) atoms. The summed E-state index contributed by atoms with van der Waals surface area (Å²) in [5, 5.41) is 13.0. The number of hydrogen-bond donors (Lipinski definition) is 2. The van der Waals surface area contributed by atoms with E-state index in [0.29, 0.717) is 52.5 Å². The van der Waals surface area contributed by atoms with Gasteiger partial charge in [-0.25, -0.2) is 4.39 Å². The van der Waals surface area contributed by atoms with Gasteiger partial charge in [-0.15, -0.1) is 11.6 Å². The van der Waals surface area contributed by atoms with Crippen LogP contribution in [0.2, 0.25) is 0 Å². The Labute approximate surface area is 213 Å². The standard InChI is InChI=1S/C27H26ClFN4O3/c1-2-3-4-5-18(28)15-35-25-7-6-19(10-22(25)29)33-27-17(13-30)14-32-24-12-26(23(31)11-21(24)27)36-20-8-9-34-16-20/h2-7,10-12,14,18,20H,8-9,15-16,31H2,1H3,(H,32,33). The first kappa shape index (κ1) is 25.3. The van der Waals surface area contributed by atoms with E-state index in [0.717, 1.165) is 6.42 Å². The van der Waals surface area contributed by atoms with Crippen LogP contribution in [0.4, 0.5) is 21.5 Å². The molecule has 1 saturated heterocycles. The Morgan fingerprint density at radius 1 is 1.33 bits per heavy atom. The van der Waals surface area contributed by atoms with Crippen molar-refractivity contribution in [3.63, 3.8) is 0 Å². The van der Waals surface area contributed by atoms with Crippen LogP contribution in [-0.4, -0.2) is 36.3 Å². The minimum atomic E-state index is -0.563. The SMILES string of the molecule is CC=CC=CC(Cl)COc1ccc(Nc2c(C#N)cnc3cc(OC4CCOC4)c(N)cc23)cc1F. The third-order valence-electron chi connectivity index (χ3n) is 5.52. The van der Waals surface area contributed by atoms with E-state index in [9.17, 15) is 9.65 Å². The second-order valence-electron chi connectivity index (χ2n) is 8.18. The molecule has 2 aromatic carbocycles. The number of halogens is 2. The number of nitrogens with two attached hydrogens (primary N) is 1. The number of benzene rings is 2. The van der Waals surface area contributed by atoms with Gasteiger partial charge in [0.2, 0.25) is 0 Å². The third-order valence-corrected chi connectivity index (χ3v) is 5.80. The maximum absolute atomic E-state index is 14.8. The monoisotopic (exact) mass is 508 g/mol. The topological polar surface area (TPSA) is 102 Å². The van der Waals surface area contributed by atoms with Gasteiger partial charge in [-0.05, 0) is 25.1 Å². The summed E-state index contributed by atoms with van der Waals surface area (Å²) in [5.74, 6) is 0.0201. The van der Waals surface area contributed by atoms with Crippen molar-refractivity contribution in [2.24, 2.45) is 0 Å². The van der Waals surface area contributed by atoms with Gasteiger partial charge >= 0.3 is 0 Å². The Hall–Kier alpha value is -3.80. The molecule has 0 aliphatic carbocycles. The number of hydrogen-bond acceptors (Lipinski definition) is 7. The van der Waals surface area contributed by atoms with Crippen LogP contribution in [0.1, 0.15) is 18.9 Å². The minimum Gasteiger partial charge on any atom is -0.489 e. The molecule has 1 aliphatic rings. The number of anilines is 3. The lowest BCUT2D eigenvalue weighted by Crippen LogP contribution is -2.16. The predicted molar refractivity (Wildman–Crippen MR) is 139 cm³/mol. The van der Waals surface area contributed by atoms with Gasteiger partial charge in [0.25, 0.3) is 0 Å². The fourth-order valence-corrected chi connectivity index (χ4v) is 3.85. The maximum atomic E-state index is 14.8. The smallest absolute Gasteiger partial charge is 0.167 e. The average molecular weight is 509 g/mol. The van der Waals surface area contributed by atoms with Crippen molar-refractivity contribution in [1.82, 2.24) is 4.98 Å². The van der Waals surface area contributed by atoms with Crippen molar-refractivity contribution in [1.29, 1.82) is 5.26 Å². The fraction of sp³-hybridized carbons (Fsp3) is 0.259. The van der Waals surface area contributed by atoms with Crippen molar-refractivity contribution in [2.45, 2.75) is 24.8 Å². The van der Waals surface area contributed by atoms with Crippen LogP contribution in [0.15, 0.2) is 60.8 Å². The van der Waals surface area contributed by atoms with Gasteiger partial charge in [-0.3, -0.25) is 4.98 Å². The molecule has 4 rings (SSSR count). The van der Waals surface area contributed by atoms with Crippen molar-refractivity contribution >= 4 is 39.6 Å². The minimum absolute atomic E-state index is 0.0669. The van der Waals surface area contributed by atoms with Crippen molar-refractivity contribution < 1.29 is 18.6 Å². The van der Waals surface area contributed by atoms with Crippen LogP contribution in [0.5, 0.6) is 11.5 Å². The highest BCUT2D eigenvalue weighted by atomic mass is 35.5. The van der Waals surface area contributed by atoms with Crippen LogP contribution in [0.25, 0.3) is 10.9 Å². The number of pyridine rings is 1. The molecule has 1 aliphatic heterocycles. The van der Waals surface area contributed by atoms with Crippen molar-refractivity contribution in [3.8, 4) is 17.6 Å². The van der Waals surface area contributed by atoms with E-state index in [1.165, 1.54) is 18.3 Å². The zero-order chi connectivity index (χ0) is 25.5. The molecule has 3 N–H and O–H groups in total. The number of alkyl halides is 1. The van der Waals surface area contributed by atoms with Crippen molar-refractivity contribution in [3.05, 3.63) is 72.2 Å². The molecular formula is C27H26ClFN4O3. The molecule has 0 amide bonds. The van der Waals surface area contributed by atoms with Crippen LogP contribution in [0, 0.1) is 17.1 Å². The molecule has 0 bridgehead atoms. The van der Waals surface area contributed by atoms with Crippen LogP contribution >= 0.6 is 11.6 Å². The Kier molecular flexibility index (Phi) is 8.26. The van der Waals surface area contributed by atoms with E-state index >= 15 is 0 Å². The molecule has 0 saturated carbocycles. The lowest BCUT2D eigenvalue weighted by Gasteiger charge is -2.17. The highest BCUT2D eigenvalue weighted by Crippen LogP contribution is 2.36. The number of aromatic nitrogens is 1. The van der Waals surface area contributed by atoms with Crippen LogP contribution in [-0.2, 0) is 4.74 Å². The number of nitrogen functional groups attached to an aromatic ring is 1. The number of nitriles is 1. The molecule has 2 heterocycles. The zero-order valence-electron chi connectivity index (χ0n) is 19.7. The summed E-state index contributed by atoms with van der Waals surface area (Å²) < 4.78 is 31.6. The molecule has 7 nitrogen and oxygen atoms in total. The first-order chi connectivity index (χ1) is 17.5. The lowest BCUT2D eigenvalue weighted by molar-refractivity contribution is 0.142. The molecule has 1 fully saturated rings. The number of allylic oxidation sites excluding steroid dienone is 3. The molecule has 9 heteroatoms. The summed E-state index contributed by atoms with van der Waals surface area (Å²) in [6, 6.07) is 10.0. The quantitative estimate of drug-likeness (QED) is 0.212. The van der Waals surface area contributed by atoms with E-state index in [1.54, 1.807) is 30.4 Å². The molecule has 0 radical (unpaired) electrons. The second kappa shape index (κ2) is 11.8. The summed E-state index contributed by atoms with van der Waals surface area (Å²) in [5.41, 5.74) is 8.43. The molecule has 1 aromatic heterocycles. The van der Waals surface area contributed by atoms with Gasteiger partial charge in [0.05, 0.1) is 41.0 Å². The first-order valence-electron chi connectivity index (χ1n) is 11.5. The Balaban J connectivity index is 1.55. The van der Waals surface area contributed by atoms with E-state index in [1.807, 2.05) is 19.1 Å². The Morgan fingerprint density at radius 3 is 2.92 bits per heavy atom. The summed E-state index contributed by atoms with van der Waals surface area (Å²) in [6.45, 7) is 3.17. The van der Waals surface area contributed by atoms with Gasteiger partial charge in [0.1, 0.15) is 24.5 Å². The Morgan fingerprint density at radius 2 is 2.19 bits per heavy atom. The highest BCUT2D eigenvalue weighted by Gasteiger charge is 2.20. The van der Waals surface area contributed by atoms with E-state index in [4.69, 9.17) is 31.5 Å². The second-order valence-corrected chi connectivity index (χ2v) is 8.74. The predicted octanol–water partition coefficient (Wildman–Crippen LogP) is 5.86. The number of rotatable bonds is 9. The first-order valence-corrected chi connectivity index (χ1v) is 11.9. The van der Waals surface area contributed by atoms with Crippen molar-refractivity contribution in [2.75, 3.05) is 30.9 Å². The fourth-order valence-electron chi connectivity index (χ4n) is 3.70. The van der Waals surface area contributed by atoms with Gasteiger partial charge in [-0.2, -0.15) is 5.26 Å². The number of nitrogens with zero attached hydrogens (tertiary/aromatic N) is 2. The van der Waals surface area contributed by atoms with E-state index in [-0.39, 0.29) is 18.5 Å². The maximum Gasteiger partial charge on any atom is 0.167 e. The number of fused-ring (bicyclic) bond motifs is 1. The van der Waals surface area contributed by atoms with E-state index < -0.39 is 11.2 Å². The zero-order valence-corrected chi connectivity index (χ0v) is 20.5. The summed E-state index contributed by atoms with van der Waals surface area (Å²) in [6.07, 6.45) is 9.47. The Bertz CT molecular complexity index is 1330. The van der Waals surface area contributed by atoms with Gasteiger partial charge < -0.3 is 25.3 Å². The summed E-state index contributed by atoms with van der Waals surface area (Å²) in [7, 11) is 0.